The van der Waals surface area contributed by atoms with Gasteiger partial charge in [-0.05, 0) is 25.8 Å². The van der Waals surface area contributed by atoms with Crippen LogP contribution in [0.1, 0.15) is 30.7 Å². The number of hydrogen-bond donors (Lipinski definition) is 1. The summed E-state index contributed by atoms with van der Waals surface area (Å²) in [4.78, 5) is 16.0. The van der Waals surface area contributed by atoms with Gasteiger partial charge >= 0.3 is 0 Å². The maximum absolute atomic E-state index is 13.3. The molecule has 2 aromatic rings. The van der Waals surface area contributed by atoms with Gasteiger partial charge < -0.3 is 20.1 Å². The zero-order valence-corrected chi connectivity index (χ0v) is 18.4. The fourth-order valence-electron chi connectivity index (χ4n) is 4.08. The third kappa shape index (κ3) is 3.93. The lowest BCUT2D eigenvalue weighted by atomic mass is 10.1. The van der Waals surface area contributed by atoms with E-state index in [4.69, 9.17) is 25.2 Å². The Hall–Kier alpha value is -2.46. The van der Waals surface area contributed by atoms with Crippen LogP contribution < -0.4 is 15.4 Å². The van der Waals surface area contributed by atoms with Gasteiger partial charge in [0.2, 0.25) is 5.88 Å². The van der Waals surface area contributed by atoms with Gasteiger partial charge in [-0.25, -0.2) is 18.5 Å². The second kappa shape index (κ2) is 8.35. The van der Waals surface area contributed by atoms with Gasteiger partial charge in [0.1, 0.15) is 11.6 Å². The van der Waals surface area contributed by atoms with Gasteiger partial charge in [0.25, 0.3) is 0 Å². The molecule has 162 valence electrons. The van der Waals surface area contributed by atoms with Crippen LogP contribution in [0.2, 0.25) is 0 Å². The van der Waals surface area contributed by atoms with Crippen molar-refractivity contribution in [2.75, 3.05) is 50.3 Å². The second-order valence-corrected chi connectivity index (χ2v) is 10.3. The normalized spacial score (nSPS) is 26.6. The molecule has 2 aliphatic rings. The minimum Gasteiger partial charge on any atom is -0.481 e. The fraction of sp³-hybridized carbons (Fsp3) is 0.550. The van der Waals surface area contributed by atoms with Gasteiger partial charge in [0.05, 0.1) is 47.0 Å². The quantitative estimate of drug-likeness (QED) is 0.782. The van der Waals surface area contributed by atoms with Crippen LogP contribution in [-0.4, -0.2) is 64.9 Å². The Labute approximate surface area is 177 Å². The molecule has 0 saturated carbocycles. The van der Waals surface area contributed by atoms with E-state index in [1.165, 1.54) is 0 Å². The summed E-state index contributed by atoms with van der Waals surface area (Å²) in [6.07, 6.45) is 1.67. The average molecular weight is 433 g/mol. The van der Waals surface area contributed by atoms with E-state index in [0.717, 1.165) is 30.9 Å². The smallest absolute Gasteiger partial charge is 0.215 e. The van der Waals surface area contributed by atoms with Crippen molar-refractivity contribution in [3.05, 3.63) is 23.9 Å². The number of methoxy groups -OCH3 is 1. The molecule has 30 heavy (non-hydrogen) atoms. The predicted molar refractivity (Wildman–Crippen MR) is 117 cm³/mol. The second-order valence-electron chi connectivity index (χ2n) is 7.62. The number of nitrogens with two attached hydrogens (primary N) is 1. The fourth-order valence-corrected chi connectivity index (χ4v) is 6.41. The van der Waals surface area contributed by atoms with E-state index in [1.54, 1.807) is 26.3 Å². The first-order chi connectivity index (χ1) is 14.4. The maximum Gasteiger partial charge on any atom is 0.215 e. The first-order valence-corrected chi connectivity index (χ1v) is 11.9. The minimum absolute atomic E-state index is 0.176. The van der Waals surface area contributed by atoms with Crippen LogP contribution in [0.25, 0.3) is 11.4 Å². The molecule has 2 aromatic heterocycles. The number of nitrogen functional groups attached to an aromatic ring is 1. The molecular formula is C20H28N6O3S. The van der Waals surface area contributed by atoms with Crippen molar-refractivity contribution >= 4 is 21.4 Å². The van der Waals surface area contributed by atoms with Crippen molar-refractivity contribution in [2.45, 2.75) is 31.1 Å². The molecule has 0 spiro atoms. The summed E-state index contributed by atoms with van der Waals surface area (Å²) < 4.78 is 28.4. The monoisotopic (exact) mass is 432 g/mol. The Balaban J connectivity index is 1.87. The molecular weight excluding hydrogens is 404 g/mol. The van der Waals surface area contributed by atoms with Crippen LogP contribution in [0.5, 0.6) is 5.88 Å². The van der Waals surface area contributed by atoms with E-state index in [0.29, 0.717) is 42.1 Å². The Morgan fingerprint density at radius 2 is 2.13 bits per heavy atom. The lowest BCUT2D eigenvalue weighted by Gasteiger charge is -2.34. The molecule has 2 aliphatic heterocycles. The number of hydrogen-bond acceptors (Lipinski definition) is 9. The van der Waals surface area contributed by atoms with Crippen molar-refractivity contribution in [2.24, 2.45) is 4.36 Å². The number of anilines is 2. The molecule has 2 fully saturated rings. The number of morpholine rings is 1. The van der Waals surface area contributed by atoms with E-state index in [-0.39, 0.29) is 11.3 Å². The summed E-state index contributed by atoms with van der Waals surface area (Å²) in [6.45, 7) is 4.11. The number of pyridine rings is 1. The number of rotatable bonds is 4. The third-order valence-electron chi connectivity index (χ3n) is 5.67. The molecule has 3 atom stereocenters. The molecule has 2 saturated heterocycles. The Morgan fingerprint density at radius 3 is 2.87 bits per heavy atom. The number of aromatic nitrogens is 3. The largest absolute Gasteiger partial charge is 0.481 e. The molecule has 1 unspecified atom stereocenters. The summed E-state index contributed by atoms with van der Waals surface area (Å²) in [6, 6.07) is 5.63. The summed E-state index contributed by atoms with van der Waals surface area (Å²) in [7, 11) is 0.846. The Morgan fingerprint density at radius 1 is 1.30 bits per heavy atom. The zero-order chi connectivity index (χ0) is 21.3. The Bertz CT molecular complexity index is 1050. The highest BCUT2D eigenvalue weighted by atomic mass is 32.2. The molecule has 4 heterocycles. The van der Waals surface area contributed by atoms with Gasteiger partial charge in [0, 0.05) is 37.0 Å². The van der Waals surface area contributed by atoms with E-state index < -0.39 is 9.73 Å². The molecule has 0 radical (unpaired) electrons. The third-order valence-corrected chi connectivity index (χ3v) is 8.53. The maximum atomic E-state index is 13.3. The highest BCUT2D eigenvalue weighted by Gasteiger charge is 2.33. The highest BCUT2D eigenvalue weighted by molar-refractivity contribution is 7.94. The van der Waals surface area contributed by atoms with Gasteiger partial charge in [-0.15, -0.1) is 0 Å². The summed E-state index contributed by atoms with van der Waals surface area (Å²) in [5.41, 5.74) is 7.44. The van der Waals surface area contributed by atoms with Crippen LogP contribution in [0.3, 0.4) is 0 Å². The van der Waals surface area contributed by atoms with Gasteiger partial charge in [-0.1, -0.05) is 0 Å². The molecule has 2 N–H and O–H groups in total. The summed E-state index contributed by atoms with van der Waals surface area (Å²) in [5, 5.41) is -0.208. The average Bonchev–Trinajstić information content (AvgIpc) is 3.15. The molecule has 0 amide bonds. The predicted octanol–water partition coefficient (Wildman–Crippen LogP) is 2.29. The number of nitrogens with zero attached hydrogens (tertiary/aromatic N) is 5. The molecule has 0 bridgehead atoms. The molecule has 0 aromatic carbocycles. The SMILES string of the molecule is CN=S1(=O)CCC[C@@H]1c1cc(N2CCOC[C@H]2C)nc(-c2cc(N)nc(OC)c2)n1. The lowest BCUT2D eigenvalue weighted by Crippen LogP contribution is -2.44. The van der Waals surface area contributed by atoms with Crippen LogP contribution in [0.15, 0.2) is 22.6 Å². The van der Waals surface area contributed by atoms with E-state index in [2.05, 4.69) is 21.2 Å². The van der Waals surface area contributed by atoms with Crippen LogP contribution in [-0.2, 0) is 14.5 Å². The standard InChI is InChI=1S/C20H28N6O3S/c1-13-12-29-7-6-26(13)18-11-15(16-5-4-8-30(16,27)22-2)23-20(25-18)14-9-17(21)24-19(10-14)28-3/h9-11,13,16H,4-8,12H2,1-3H3,(H2,21,24)/t13-,16-,30?/m1/s1. The van der Waals surface area contributed by atoms with Gasteiger partial charge in [-0.2, -0.15) is 4.98 Å². The topological polar surface area (TPSA) is 116 Å². The van der Waals surface area contributed by atoms with Crippen molar-refractivity contribution < 1.29 is 13.7 Å². The molecule has 0 aliphatic carbocycles. The lowest BCUT2D eigenvalue weighted by molar-refractivity contribution is 0.0985. The van der Waals surface area contributed by atoms with Crippen LogP contribution >= 0.6 is 0 Å². The van der Waals surface area contributed by atoms with Crippen molar-refractivity contribution in [1.82, 2.24) is 15.0 Å². The number of ether oxygens (including phenoxy) is 2. The molecule has 10 heteroatoms. The summed E-state index contributed by atoms with van der Waals surface area (Å²) >= 11 is 0. The first-order valence-electron chi connectivity index (χ1n) is 10.1. The Kier molecular flexibility index (Phi) is 5.79. The van der Waals surface area contributed by atoms with Crippen molar-refractivity contribution in [1.29, 1.82) is 0 Å². The van der Waals surface area contributed by atoms with Gasteiger partial charge in [0.15, 0.2) is 5.82 Å². The summed E-state index contributed by atoms with van der Waals surface area (Å²) in [5.74, 6) is 2.64. The van der Waals surface area contributed by atoms with E-state index in [9.17, 15) is 4.21 Å². The first kappa shape index (κ1) is 20.8. The minimum atomic E-state index is -2.34. The zero-order valence-electron chi connectivity index (χ0n) is 17.6. The van der Waals surface area contributed by atoms with E-state index >= 15 is 0 Å². The van der Waals surface area contributed by atoms with Crippen molar-refractivity contribution in [3.8, 4) is 17.3 Å². The van der Waals surface area contributed by atoms with Crippen molar-refractivity contribution in [3.63, 3.8) is 0 Å². The van der Waals surface area contributed by atoms with Gasteiger partial charge in [-0.3, -0.25) is 0 Å². The highest BCUT2D eigenvalue weighted by Crippen LogP contribution is 2.37. The molecule has 9 nitrogen and oxygen atoms in total. The van der Waals surface area contributed by atoms with Crippen LogP contribution in [0.4, 0.5) is 11.6 Å². The van der Waals surface area contributed by atoms with Crippen LogP contribution in [0, 0.1) is 0 Å². The van der Waals surface area contributed by atoms with E-state index in [1.807, 2.05) is 6.07 Å². The molecule has 4 rings (SSSR count).